The van der Waals surface area contributed by atoms with E-state index in [4.69, 9.17) is 0 Å². The Kier molecular flexibility index (Phi) is 6.08. The van der Waals surface area contributed by atoms with Crippen LogP contribution in [0.2, 0.25) is 0 Å². The third-order valence-electron chi connectivity index (χ3n) is 4.46. The average molecular weight is 448 g/mol. The van der Waals surface area contributed by atoms with Crippen LogP contribution in [-0.2, 0) is 16.2 Å². The fraction of sp³-hybridized carbons (Fsp3) is 0.136. The third kappa shape index (κ3) is 5.43. The highest BCUT2D eigenvalue weighted by molar-refractivity contribution is 7.92. The van der Waals surface area contributed by atoms with Gasteiger partial charge in [0.2, 0.25) is 0 Å². The van der Waals surface area contributed by atoms with Gasteiger partial charge in [-0.15, -0.1) is 0 Å². The highest BCUT2D eigenvalue weighted by Gasteiger charge is 2.30. The number of benzene rings is 3. The van der Waals surface area contributed by atoms with Gasteiger partial charge in [-0.1, -0.05) is 24.3 Å². The minimum absolute atomic E-state index is 0.00683. The molecule has 0 unspecified atom stereocenters. The summed E-state index contributed by atoms with van der Waals surface area (Å²) in [5, 5.41) is 2.37. The van der Waals surface area contributed by atoms with Crippen molar-refractivity contribution in [3.63, 3.8) is 0 Å². The lowest BCUT2D eigenvalue weighted by Gasteiger charge is -2.13. The molecule has 0 heterocycles. The molecule has 5 nitrogen and oxygen atoms in total. The summed E-state index contributed by atoms with van der Waals surface area (Å²) in [6.07, 6.45) is -4.55. The third-order valence-corrected chi connectivity index (χ3v) is 5.98. The van der Waals surface area contributed by atoms with Crippen molar-refractivity contribution in [1.82, 2.24) is 0 Å². The maximum absolute atomic E-state index is 12.9. The van der Waals surface area contributed by atoms with Crippen LogP contribution in [0.15, 0.2) is 71.6 Å². The number of carbonyl (C=O) groups excluding carboxylic acids is 1. The lowest BCUT2D eigenvalue weighted by atomic mass is 10.1. The summed E-state index contributed by atoms with van der Waals surface area (Å²) in [5.74, 6) is -0.730. The van der Waals surface area contributed by atoms with E-state index in [0.29, 0.717) is 11.3 Å². The minimum Gasteiger partial charge on any atom is -0.322 e. The molecule has 9 heteroatoms. The summed E-state index contributed by atoms with van der Waals surface area (Å²) in [7, 11) is -3.99. The van der Waals surface area contributed by atoms with Gasteiger partial charge in [-0.3, -0.25) is 9.52 Å². The number of hydrogen-bond donors (Lipinski definition) is 2. The van der Waals surface area contributed by atoms with E-state index in [1.54, 1.807) is 25.1 Å². The molecule has 0 aliphatic rings. The molecular formula is C22H19F3N2O3S. The molecule has 0 spiro atoms. The second-order valence-electron chi connectivity index (χ2n) is 6.99. The fourth-order valence-corrected chi connectivity index (χ4v) is 4.25. The monoisotopic (exact) mass is 448 g/mol. The number of hydrogen-bond acceptors (Lipinski definition) is 3. The Morgan fingerprint density at radius 3 is 2.23 bits per heavy atom. The summed E-state index contributed by atoms with van der Waals surface area (Å²) in [6, 6.07) is 15.0. The van der Waals surface area contributed by atoms with Crippen LogP contribution in [0, 0.1) is 13.8 Å². The molecule has 0 aliphatic heterocycles. The first-order chi connectivity index (χ1) is 14.5. The molecule has 0 aromatic heterocycles. The molecule has 3 rings (SSSR count). The molecular weight excluding hydrogens is 429 g/mol. The van der Waals surface area contributed by atoms with Crippen molar-refractivity contribution in [3.8, 4) is 0 Å². The zero-order valence-corrected chi connectivity index (χ0v) is 17.4. The molecule has 0 radical (unpaired) electrons. The van der Waals surface area contributed by atoms with Gasteiger partial charge in [0.15, 0.2) is 0 Å². The van der Waals surface area contributed by atoms with Gasteiger partial charge < -0.3 is 5.32 Å². The van der Waals surface area contributed by atoms with E-state index in [1.807, 2.05) is 13.0 Å². The van der Waals surface area contributed by atoms with Crippen molar-refractivity contribution in [2.75, 3.05) is 10.0 Å². The summed E-state index contributed by atoms with van der Waals surface area (Å²) >= 11 is 0. The summed E-state index contributed by atoms with van der Waals surface area (Å²) in [6.45, 7) is 3.40. The molecule has 0 aliphatic carbocycles. The zero-order chi connectivity index (χ0) is 22.8. The topological polar surface area (TPSA) is 75.3 Å². The first kappa shape index (κ1) is 22.4. The van der Waals surface area contributed by atoms with E-state index in [0.717, 1.165) is 17.7 Å². The van der Waals surface area contributed by atoms with E-state index in [2.05, 4.69) is 10.0 Å². The molecule has 0 fully saturated rings. The van der Waals surface area contributed by atoms with Gasteiger partial charge in [-0.25, -0.2) is 8.42 Å². The van der Waals surface area contributed by atoms with Crippen LogP contribution in [0.1, 0.15) is 27.0 Å². The van der Waals surface area contributed by atoms with Crippen LogP contribution in [0.4, 0.5) is 24.5 Å². The van der Waals surface area contributed by atoms with Gasteiger partial charge in [0.05, 0.1) is 10.5 Å². The Bertz CT molecular complexity index is 1240. The smallest absolute Gasteiger partial charge is 0.322 e. The van der Waals surface area contributed by atoms with Gasteiger partial charge in [-0.2, -0.15) is 13.2 Å². The SMILES string of the molecule is Cc1cccc(NS(=O)(=O)c2cc(C(=O)Nc3cccc(C(F)(F)F)c3)ccc2C)c1. The minimum atomic E-state index is -4.55. The Morgan fingerprint density at radius 1 is 0.871 bits per heavy atom. The quantitative estimate of drug-likeness (QED) is 0.551. The highest BCUT2D eigenvalue weighted by atomic mass is 32.2. The van der Waals surface area contributed by atoms with Crippen molar-refractivity contribution < 1.29 is 26.4 Å². The number of halogens is 3. The average Bonchev–Trinajstić information content (AvgIpc) is 2.67. The van der Waals surface area contributed by atoms with Crippen LogP contribution < -0.4 is 10.0 Å². The molecule has 1 amide bonds. The predicted octanol–water partition coefficient (Wildman–Crippen LogP) is 5.38. The summed E-state index contributed by atoms with van der Waals surface area (Å²) in [4.78, 5) is 12.5. The standard InChI is InChI=1S/C22H19F3N2O3S/c1-14-5-3-8-19(11-14)27-31(29,30)20-12-16(10-9-15(20)2)21(28)26-18-7-4-6-17(13-18)22(23,24)25/h3-13,27H,1-2H3,(H,26,28). The number of aryl methyl sites for hydroxylation is 2. The number of alkyl halides is 3. The Hall–Kier alpha value is -3.33. The van der Waals surface area contributed by atoms with E-state index in [-0.39, 0.29) is 16.1 Å². The first-order valence-corrected chi connectivity index (χ1v) is 10.6. The molecule has 3 aromatic rings. The van der Waals surface area contributed by atoms with Crippen LogP contribution in [0.25, 0.3) is 0 Å². The maximum atomic E-state index is 12.9. The van der Waals surface area contributed by atoms with Crippen molar-refractivity contribution in [1.29, 1.82) is 0 Å². The first-order valence-electron chi connectivity index (χ1n) is 9.14. The van der Waals surface area contributed by atoms with Crippen LogP contribution in [-0.4, -0.2) is 14.3 Å². The molecule has 0 saturated carbocycles. The molecule has 3 aromatic carbocycles. The maximum Gasteiger partial charge on any atom is 0.416 e. The van der Waals surface area contributed by atoms with Gasteiger partial charge in [0, 0.05) is 16.9 Å². The van der Waals surface area contributed by atoms with Gasteiger partial charge in [0.25, 0.3) is 15.9 Å². The lowest BCUT2D eigenvalue weighted by Crippen LogP contribution is -2.17. The number of sulfonamides is 1. The molecule has 0 saturated heterocycles. The second-order valence-corrected chi connectivity index (χ2v) is 8.64. The van der Waals surface area contributed by atoms with E-state index >= 15 is 0 Å². The zero-order valence-electron chi connectivity index (χ0n) is 16.6. The van der Waals surface area contributed by atoms with Crippen molar-refractivity contribution >= 4 is 27.3 Å². The predicted molar refractivity (Wildman–Crippen MR) is 113 cm³/mol. The van der Waals surface area contributed by atoms with Crippen molar-refractivity contribution in [3.05, 3.63) is 89.0 Å². The van der Waals surface area contributed by atoms with Gasteiger partial charge in [0.1, 0.15) is 0 Å². The molecule has 0 atom stereocenters. The van der Waals surface area contributed by atoms with E-state index < -0.39 is 27.7 Å². The largest absolute Gasteiger partial charge is 0.416 e. The van der Waals surface area contributed by atoms with Gasteiger partial charge >= 0.3 is 6.18 Å². The van der Waals surface area contributed by atoms with Crippen molar-refractivity contribution in [2.24, 2.45) is 0 Å². The Balaban J connectivity index is 1.87. The molecule has 0 bridgehead atoms. The van der Waals surface area contributed by atoms with Crippen LogP contribution in [0.3, 0.4) is 0 Å². The normalized spacial score (nSPS) is 11.8. The highest BCUT2D eigenvalue weighted by Crippen LogP contribution is 2.31. The summed E-state index contributed by atoms with van der Waals surface area (Å²) < 4.78 is 66.8. The lowest BCUT2D eigenvalue weighted by molar-refractivity contribution is -0.137. The molecule has 2 N–H and O–H groups in total. The van der Waals surface area contributed by atoms with Crippen LogP contribution in [0.5, 0.6) is 0 Å². The van der Waals surface area contributed by atoms with E-state index in [1.165, 1.54) is 30.3 Å². The Labute approximate surface area is 178 Å². The van der Waals surface area contributed by atoms with Crippen LogP contribution >= 0.6 is 0 Å². The Morgan fingerprint density at radius 2 is 1.55 bits per heavy atom. The van der Waals surface area contributed by atoms with Crippen molar-refractivity contribution in [2.45, 2.75) is 24.9 Å². The summed E-state index contributed by atoms with van der Waals surface area (Å²) in [5.41, 5.74) is 0.690. The van der Waals surface area contributed by atoms with Gasteiger partial charge in [-0.05, 0) is 67.4 Å². The number of carbonyl (C=O) groups is 1. The molecule has 31 heavy (non-hydrogen) atoms. The van der Waals surface area contributed by atoms with E-state index in [9.17, 15) is 26.4 Å². The number of anilines is 2. The number of amides is 1. The number of nitrogens with one attached hydrogen (secondary N) is 2. The number of rotatable bonds is 5. The fourth-order valence-electron chi connectivity index (χ4n) is 2.93. The second kappa shape index (κ2) is 8.43. The molecule has 162 valence electrons.